The predicted molar refractivity (Wildman–Crippen MR) is 86.0 cm³/mol. The number of sulfonamides is 1. The first-order valence-corrected chi connectivity index (χ1v) is 8.56. The van der Waals surface area contributed by atoms with Gasteiger partial charge in [0.1, 0.15) is 5.82 Å². The van der Waals surface area contributed by atoms with Gasteiger partial charge in [-0.15, -0.1) is 0 Å². The standard InChI is InChI=1S/C12H11Br2N3O2S/c1-7-4-8(13)6-16-12(7)17-20(18,19)9-2-3-11(15)10(14)5-9/h2-6H,15H2,1H3,(H,16,17). The molecule has 0 saturated heterocycles. The smallest absolute Gasteiger partial charge is 0.263 e. The SMILES string of the molecule is Cc1cc(Br)cnc1NS(=O)(=O)c1ccc(N)c(Br)c1. The minimum Gasteiger partial charge on any atom is -0.398 e. The van der Waals surface area contributed by atoms with Gasteiger partial charge in [0, 0.05) is 20.8 Å². The van der Waals surface area contributed by atoms with Gasteiger partial charge in [0.25, 0.3) is 10.0 Å². The lowest BCUT2D eigenvalue weighted by molar-refractivity contribution is 0.601. The number of aryl methyl sites for hydroxylation is 1. The summed E-state index contributed by atoms with van der Waals surface area (Å²) in [4.78, 5) is 4.17. The molecule has 1 aromatic carbocycles. The molecule has 8 heteroatoms. The van der Waals surface area contributed by atoms with E-state index in [1.165, 1.54) is 24.4 Å². The topological polar surface area (TPSA) is 85.1 Å². The summed E-state index contributed by atoms with van der Waals surface area (Å²) < 4.78 is 28.3. The Morgan fingerprint density at radius 3 is 2.55 bits per heavy atom. The Morgan fingerprint density at radius 2 is 1.95 bits per heavy atom. The summed E-state index contributed by atoms with van der Waals surface area (Å²) in [5.41, 5.74) is 6.84. The fraction of sp³-hybridized carbons (Fsp3) is 0.0833. The van der Waals surface area contributed by atoms with E-state index in [1.807, 2.05) is 0 Å². The fourth-order valence-corrected chi connectivity index (χ4v) is 3.59. The summed E-state index contributed by atoms with van der Waals surface area (Å²) in [6.07, 6.45) is 1.53. The molecule has 0 aliphatic rings. The zero-order valence-electron chi connectivity index (χ0n) is 10.4. The second kappa shape index (κ2) is 5.71. The number of benzene rings is 1. The molecule has 0 amide bonds. The molecule has 1 heterocycles. The Labute approximate surface area is 133 Å². The van der Waals surface area contributed by atoms with E-state index in [9.17, 15) is 8.42 Å². The zero-order chi connectivity index (χ0) is 14.9. The third-order valence-electron chi connectivity index (χ3n) is 2.56. The van der Waals surface area contributed by atoms with Crippen molar-refractivity contribution in [3.8, 4) is 0 Å². The van der Waals surface area contributed by atoms with Gasteiger partial charge in [-0.1, -0.05) is 0 Å². The maximum Gasteiger partial charge on any atom is 0.263 e. The number of aromatic nitrogens is 1. The number of hydrogen-bond acceptors (Lipinski definition) is 4. The summed E-state index contributed by atoms with van der Waals surface area (Å²) in [5.74, 6) is 0.293. The Kier molecular flexibility index (Phi) is 4.36. The number of halogens is 2. The number of nitrogens with one attached hydrogen (secondary N) is 1. The van der Waals surface area contributed by atoms with E-state index in [1.54, 1.807) is 13.0 Å². The average molecular weight is 421 g/mol. The summed E-state index contributed by atoms with van der Waals surface area (Å²) in [7, 11) is -3.70. The summed E-state index contributed by atoms with van der Waals surface area (Å²) >= 11 is 6.49. The van der Waals surface area contributed by atoms with E-state index < -0.39 is 10.0 Å². The number of hydrogen-bond donors (Lipinski definition) is 2. The van der Waals surface area contributed by atoms with Crippen LogP contribution in [-0.4, -0.2) is 13.4 Å². The van der Waals surface area contributed by atoms with Crippen molar-refractivity contribution >= 4 is 53.4 Å². The lowest BCUT2D eigenvalue weighted by Crippen LogP contribution is -2.15. The Bertz CT molecular complexity index is 763. The molecule has 0 unspecified atom stereocenters. The number of nitrogen functional groups attached to an aromatic ring is 1. The molecule has 106 valence electrons. The second-order valence-electron chi connectivity index (χ2n) is 4.11. The van der Waals surface area contributed by atoms with Crippen LogP contribution >= 0.6 is 31.9 Å². The maximum absolute atomic E-state index is 12.3. The van der Waals surface area contributed by atoms with Gasteiger partial charge < -0.3 is 5.73 Å². The van der Waals surface area contributed by atoms with Gasteiger partial charge >= 0.3 is 0 Å². The molecule has 0 spiro atoms. The van der Waals surface area contributed by atoms with Gasteiger partial charge in [-0.3, -0.25) is 4.72 Å². The van der Waals surface area contributed by atoms with E-state index in [0.29, 0.717) is 16.0 Å². The summed E-state index contributed by atoms with van der Waals surface area (Å²) in [6.45, 7) is 1.77. The highest BCUT2D eigenvalue weighted by molar-refractivity contribution is 9.10. The number of rotatable bonds is 3. The van der Waals surface area contributed by atoms with Crippen molar-refractivity contribution in [1.29, 1.82) is 0 Å². The molecule has 20 heavy (non-hydrogen) atoms. The molecule has 0 atom stereocenters. The van der Waals surface area contributed by atoms with Crippen LogP contribution in [0.4, 0.5) is 11.5 Å². The summed E-state index contributed by atoms with van der Waals surface area (Å²) in [5, 5.41) is 0. The summed E-state index contributed by atoms with van der Waals surface area (Å²) in [6, 6.07) is 6.20. The molecular formula is C12H11Br2N3O2S. The number of nitrogens with two attached hydrogens (primary N) is 1. The highest BCUT2D eigenvalue weighted by atomic mass is 79.9. The van der Waals surface area contributed by atoms with Gasteiger partial charge in [0.05, 0.1) is 4.90 Å². The Hall–Kier alpha value is -1.12. The quantitative estimate of drug-likeness (QED) is 0.746. The molecule has 2 aromatic rings. The lowest BCUT2D eigenvalue weighted by Gasteiger charge is -2.10. The first-order chi connectivity index (χ1) is 9.29. The Morgan fingerprint density at radius 1 is 1.25 bits per heavy atom. The van der Waals surface area contributed by atoms with Gasteiger partial charge in [-0.2, -0.15) is 0 Å². The van der Waals surface area contributed by atoms with Crippen LogP contribution in [0.5, 0.6) is 0 Å². The minimum atomic E-state index is -3.70. The molecule has 0 fully saturated rings. The fourth-order valence-electron chi connectivity index (χ4n) is 1.51. The van der Waals surface area contributed by atoms with Gasteiger partial charge in [-0.25, -0.2) is 13.4 Å². The van der Waals surface area contributed by atoms with Crippen LogP contribution in [0.25, 0.3) is 0 Å². The molecule has 0 aliphatic carbocycles. The average Bonchev–Trinajstić information content (AvgIpc) is 2.36. The van der Waals surface area contributed by atoms with E-state index >= 15 is 0 Å². The van der Waals surface area contributed by atoms with Crippen LogP contribution in [0, 0.1) is 6.92 Å². The van der Waals surface area contributed by atoms with Crippen LogP contribution in [0.2, 0.25) is 0 Å². The molecule has 0 aliphatic heterocycles. The van der Waals surface area contributed by atoms with Crippen molar-refractivity contribution in [3.05, 3.63) is 45.0 Å². The van der Waals surface area contributed by atoms with Crippen LogP contribution in [-0.2, 0) is 10.0 Å². The normalized spacial score (nSPS) is 11.3. The van der Waals surface area contributed by atoms with Crippen LogP contribution in [0.1, 0.15) is 5.56 Å². The van der Waals surface area contributed by atoms with E-state index in [4.69, 9.17) is 5.73 Å². The molecule has 2 rings (SSSR count). The number of nitrogens with zero attached hydrogens (tertiary/aromatic N) is 1. The van der Waals surface area contributed by atoms with Crippen LogP contribution in [0.15, 0.2) is 44.3 Å². The van der Waals surface area contributed by atoms with Crippen LogP contribution in [0.3, 0.4) is 0 Å². The van der Waals surface area contributed by atoms with Crippen LogP contribution < -0.4 is 10.5 Å². The maximum atomic E-state index is 12.3. The molecule has 0 bridgehead atoms. The third kappa shape index (κ3) is 3.31. The largest absolute Gasteiger partial charge is 0.398 e. The number of pyridine rings is 1. The Balaban J connectivity index is 2.38. The van der Waals surface area contributed by atoms with Crippen molar-refractivity contribution in [2.45, 2.75) is 11.8 Å². The van der Waals surface area contributed by atoms with Crippen molar-refractivity contribution in [2.75, 3.05) is 10.5 Å². The van der Waals surface area contributed by atoms with Crippen molar-refractivity contribution in [2.24, 2.45) is 0 Å². The first-order valence-electron chi connectivity index (χ1n) is 5.49. The number of anilines is 2. The van der Waals surface area contributed by atoms with Crippen molar-refractivity contribution in [1.82, 2.24) is 4.98 Å². The predicted octanol–water partition coefficient (Wildman–Crippen LogP) is 3.30. The zero-order valence-corrected chi connectivity index (χ0v) is 14.4. The molecule has 5 nitrogen and oxygen atoms in total. The molecular weight excluding hydrogens is 410 g/mol. The van der Waals surface area contributed by atoms with E-state index in [-0.39, 0.29) is 4.90 Å². The van der Waals surface area contributed by atoms with E-state index in [0.717, 1.165) is 10.0 Å². The molecule has 1 aromatic heterocycles. The first kappa shape index (κ1) is 15.3. The highest BCUT2D eigenvalue weighted by Crippen LogP contribution is 2.25. The van der Waals surface area contributed by atoms with Gasteiger partial charge in [0.2, 0.25) is 0 Å². The van der Waals surface area contributed by atoms with E-state index in [2.05, 4.69) is 41.6 Å². The van der Waals surface area contributed by atoms with Gasteiger partial charge in [0.15, 0.2) is 0 Å². The molecule has 0 saturated carbocycles. The third-order valence-corrected chi connectivity index (χ3v) is 5.02. The monoisotopic (exact) mass is 419 g/mol. The van der Waals surface area contributed by atoms with Gasteiger partial charge in [-0.05, 0) is 68.6 Å². The molecule has 0 radical (unpaired) electrons. The second-order valence-corrected chi connectivity index (χ2v) is 7.56. The lowest BCUT2D eigenvalue weighted by atomic mass is 10.3. The minimum absolute atomic E-state index is 0.114. The molecule has 3 N–H and O–H groups in total. The van der Waals surface area contributed by atoms with Crippen molar-refractivity contribution in [3.63, 3.8) is 0 Å². The van der Waals surface area contributed by atoms with Crippen molar-refractivity contribution < 1.29 is 8.42 Å². The highest BCUT2D eigenvalue weighted by Gasteiger charge is 2.17.